The average Bonchev–Trinajstić information content (AvgIpc) is 2.67. The second-order valence-electron chi connectivity index (χ2n) is 7.86. The second kappa shape index (κ2) is 9.20. The summed E-state index contributed by atoms with van der Waals surface area (Å²) in [6.07, 6.45) is 0. The van der Waals surface area contributed by atoms with E-state index in [1.165, 1.54) is 0 Å². The molecule has 0 fully saturated rings. The van der Waals surface area contributed by atoms with E-state index in [0.29, 0.717) is 5.02 Å². The third-order valence-corrected chi connectivity index (χ3v) is 5.64. The van der Waals surface area contributed by atoms with Crippen LogP contribution in [-0.4, -0.2) is 10.7 Å². The molecule has 5 heteroatoms. The van der Waals surface area contributed by atoms with Gasteiger partial charge in [0.15, 0.2) is 0 Å². The fraction of sp³-hybridized carbons (Fsp3) is 0.280. The molecular formula is C25H27Cl2N3. The van der Waals surface area contributed by atoms with E-state index < -0.39 is 0 Å². The molecule has 0 aliphatic carbocycles. The number of hydrogen-bond acceptors (Lipinski definition) is 3. The fourth-order valence-electron chi connectivity index (χ4n) is 3.56. The fourth-order valence-corrected chi connectivity index (χ4v) is 4.30. The van der Waals surface area contributed by atoms with Gasteiger partial charge >= 0.3 is 0 Å². The van der Waals surface area contributed by atoms with Gasteiger partial charge < -0.3 is 5.32 Å². The van der Waals surface area contributed by atoms with Crippen molar-refractivity contribution in [1.29, 1.82) is 0 Å². The largest absolute Gasteiger partial charge is 0.376 e. The molecule has 0 bridgehead atoms. The Kier molecular flexibility index (Phi) is 6.84. The molecule has 1 aromatic heterocycles. The SMILES string of the molecule is C/C(=N\c1c(C)cc(C)cc1Cl)c1cccc(C(C)Nc2c(C)cc(C)cc2Cl)n1. The van der Waals surface area contributed by atoms with Gasteiger partial charge in [0.2, 0.25) is 0 Å². The molecule has 3 aromatic rings. The van der Waals surface area contributed by atoms with Crippen LogP contribution >= 0.6 is 23.2 Å². The maximum absolute atomic E-state index is 6.46. The summed E-state index contributed by atoms with van der Waals surface area (Å²) in [6, 6.07) is 14.1. The molecule has 0 aliphatic heterocycles. The molecule has 0 radical (unpaired) electrons. The number of halogens is 2. The summed E-state index contributed by atoms with van der Waals surface area (Å²) < 4.78 is 0. The number of nitrogens with one attached hydrogen (secondary N) is 1. The van der Waals surface area contributed by atoms with Gasteiger partial charge in [-0.05, 0) is 88.1 Å². The normalized spacial score (nSPS) is 12.7. The molecule has 3 rings (SSSR count). The van der Waals surface area contributed by atoms with Gasteiger partial charge in [0.1, 0.15) is 0 Å². The zero-order valence-electron chi connectivity index (χ0n) is 18.3. The highest BCUT2D eigenvalue weighted by Gasteiger charge is 2.13. The number of nitrogens with zero attached hydrogens (tertiary/aromatic N) is 2. The van der Waals surface area contributed by atoms with Gasteiger partial charge in [0.05, 0.1) is 44.6 Å². The molecule has 0 aliphatic rings. The molecule has 1 heterocycles. The van der Waals surface area contributed by atoms with Crippen LogP contribution in [-0.2, 0) is 0 Å². The Morgan fingerprint density at radius 2 is 1.57 bits per heavy atom. The lowest BCUT2D eigenvalue weighted by atomic mass is 10.1. The summed E-state index contributed by atoms with van der Waals surface area (Å²) in [5.41, 5.74) is 8.73. The summed E-state index contributed by atoms with van der Waals surface area (Å²) in [5, 5.41) is 4.88. The van der Waals surface area contributed by atoms with E-state index in [1.54, 1.807) is 0 Å². The number of aryl methyl sites for hydroxylation is 4. The summed E-state index contributed by atoms with van der Waals surface area (Å²) in [4.78, 5) is 9.61. The standard InChI is InChI=1S/C25H27Cl2N3/c1-14-10-16(3)24(20(26)12-14)28-18(5)22-8-7-9-23(30-22)19(6)29-25-17(4)11-15(2)13-21(25)27/h7-13,18,28H,1-6H3/b29-19+. The third kappa shape index (κ3) is 5.03. The molecule has 1 N–H and O–H groups in total. The summed E-state index contributed by atoms with van der Waals surface area (Å²) in [6.45, 7) is 12.2. The van der Waals surface area contributed by atoms with Crippen molar-refractivity contribution < 1.29 is 0 Å². The Morgan fingerprint density at radius 3 is 2.20 bits per heavy atom. The van der Waals surface area contributed by atoms with Crippen LogP contribution in [0.3, 0.4) is 0 Å². The highest BCUT2D eigenvalue weighted by atomic mass is 35.5. The first-order valence-electron chi connectivity index (χ1n) is 9.98. The first-order valence-corrected chi connectivity index (χ1v) is 10.7. The molecule has 1 unspecified atom stereocenters. The van der Waals surface area contributed by atoms with Gasteiger partial charge in [-0.2, -0.15) is 0 Å². The Morgan fingerprint density at radius 1 is 0.933 bits per heavy atom. The van der Waals surface area contributed by atoms with Crippen LogP contribution in [0.4, 0.5) is 11.4 Å². The van der Waals surface area contributed by atoms with E-state index in [2.05, 4.69) is 31.3 Å². The zero-order valence-corrected chi connectivity index (χ0v) is 19.8. The minimum absolute atomic E-state index is 0.0126. The van der Waals surface area contributed by atoms with E-state index in [9.17, 15) is 0 Å². The van der Waals surface area contributed by atoms with Gasteiger partial charge in [-0.3, -0.25) is 0 Å². The van der Waals surface area contributed by atoms with E-state index in [4.69, 9.17) is 33.2 Å². The monoisotopic (exact) mass is 439 g/mol. The number of pyridine rings is 1. The summed E-state index contributed by atoms with van der Waals surface area (Å²) in [7, 11) is 0. The molecule has 156 valence electrons. The first-order chi connectivity index (χ1) is 14.2. The minimum Gasteiger partial charge on any atom is -0.376 e. The van der Waals surface area contributed by atoms with Gasteiger partial charge in [-0.25, -0.2) is 9.98 Å². The van der Waals surface area contributed by atoms with Crippen molar-refractivity contribution in [2.75, 3.05) is 5.32 Å². The van der Waals surface area contributed by atoms with Crippen LogP contribution in [0, 0.1) is 27.7 Å². The number of hydrogen-bond donors (Lipinski definition) is 1. The smallest absolute Gasteiger partial charge is 0.0849 e. The highest BCUT2D eigenvalue weighted by molar-refractivity contribution is 6.33. The van der Waals surface area contributed by atoms with E-state index >= 15 is 0 Å². The van der Waals surface area contributed by atoms with Crippen LogP contribution in [0.1, 0.15) is 53.5 Å². The molecule has 2 aromatic carbocycles. The Balaban J connectivity index is 1.89. The topological polar surface area (TPSA) is 37.3 Å². The third-order valence-electron chi connectivity index (χ3n) is 5.06. The number of aliphatic imine (C=N–C) groups is 1. The lowest BCUT2D eigenvalue weighted by Gasteiger charge is -2.19. The Bertz CT molecular complexity index is 1070. The van der Waals surface area contributed by atoms with Crippen molar-refractivity contribution in [1.82, 2.24) is 4.98 Å². The van der Waals surface area contributed by atoms with Crippen LogP contribution in [0.5, 0.6) is 0 Å². The molecule has 3 nitrogen and oxygen atoms in total. The van der Waals surface area contributed by atoms with Crippen molar-refractivity contribution >= 4 is 40.3 Å². The summed E-state index contributed by atoms with van der Waals surface area (Å²) >= 11 is 12.9. The van der Waals surface area contributed by atoms with Crippen LogP contribution in [0.2, 0.25) is 10.0 Å². The van der Waals surface area contributed by atoms with Crippen LogP contribution < -0.4 is 5.32 Å². The van der Waals surface area contributed by atoms with Gasteiger partial charge in [-0.1, -0.05) is 41.4 Å². The molecule has 0 saturated heterocycles. The second-order valence-corrected chi connectivity index (χ2v) is 8.68. The van der Waals surface area contributed by atoms with E-state index in [1.807, 2.05) is 58.0 Å². The molecule has 0 amide bonds. The maximum atomic E-state index is 6.46. The first kappa shape index (κ1) is 22.3. The van der Waals surface area contributed by atoms with Crippen molar-refractivity contribution in [3.8, 4) is 0 Å². The molecule has 0 saturated carbocycles. The van der Waals surface area contributed by atoms with Crippen LogP contribution in [0.15, 0.2) is 47.5 Å². The zero-order chi connectivity index (χ0) is 22.0. The number of anilines is 1. The lowest BCUT2D eigenvalue weighted by Crippen LogP contribution is -2.12. The van der Waals surface area contributed by atoms with Crippen molar-refractivity contribution in [2.24, 2.45) is 4.99 Å². The van der Waals surface area contributed by atoms with Gasteiger partial charge in [-0.15, -0.1) is 0 Å². The van der Waals surface area contributed by atoms with Crippen molar-refractivity contribution in [2.45, 2.75) is 47.6 Å². The molecule has 0 spiro atoms. The predicted molar refractivity (Wildman–Crippen MR) is 130 cm³/mol. The Labute approximate surface area is 189 Å². The van der Waals surface area contributed by atoms with E-state index in [0.717, 1.165) is 55.8 Å². The molecular weight excluding hydrogens is 413 g/mol. The predicted octanol–water partition coefficient (Wildman–Crippen LogP) is 7.94. The number of benzene rings is 2. The lowest BCUT2D eigenvalue weighted by molar-refractivity contribution is 0.835. The minimum atomic E-state index is -0.0126. The van der Waals surface area contributed by atoms with Gasteiger partial charge in [0.25, 0.3) is 0 Å². The van der Waals surface area contributed by atoms with Crippen molar-refractivity contribution in [3.63, 3.8) is 0 Å². The molecule has 1 atom stereocenters. The highest BCUT2D eigenvalue weighted by Crippen LogP contribution is 2.32. The van der Waals surface area contributed by atoms with Crippen molar-refractivity contribution in [3.05, 3.63) is 86.2 Å². The van der Waals surface area contributed by atoms with Crippen LogP contribution in [0.25, 0.3) is 0 Å². The molecule has 30 heavy (non-hydrogen) atoms. The quantitative estimate of drug-likeness (QED) is 0.409. The Hall–Kier alpha value is -2.36. The average molecular weight is 440 g/mol. The summed E-state index contributed by atoms with van der Waals surface area (Å²) in [5.74, 6) is 0. The maximum Gasteiger partial charge on any atom is 0.0849 e. The van der Waals surface area contributed by atoms with E-state index in [-0.39, 0.29) is 6.04 Å². The number of rotatable bonds is 5. The number of aromatic nitrogens is 1. The van der Waals surface area contributed by atoms with Gasteiger partial charge in [0, 0.05) is 0 Å².